The van der Waals surface area contributed by atoms with Crippen LogP contribution in [0.25, 0.3) is 5.76 Å². The number of nitrogens with one attached hydrogen (secondary N) is 1. The lowest BCUT2D eigenvalue weighted by Crippen LogP contribution is -2.45. The molecule has 1 atom stereocenters. The van der Waals surface area contributed by atoms with Crippen LogP contribution in [0.5, 0.6) is 0 Å². The molecule has 4 nitrogen and oxygen atoms in total. The Bertz CT molecular complexity index is 1480. The first-order chi connectivity index (χ1) is 18.1. The Morgan fingerprint density at radius 1 is 0.974 bits per heavy atom. The molecule has 1 heterocycles. The van der Waals surface area contributed by atoms with Gasteiger partial charge in [0.05, 0.1) is 0 Å². The summed E-state index contributed by atoms with van der Waals surface area (Å²) in [6.07, 6.45) is 3.13. The number of amidine groups is 1. The van der Waals surface area contributed by atoms with Gasteiger partial charge in [-0.3, -0.25) is 15.1 Å². The van der Waals surface area contributed by atoms with Gasteiger partial charge < -0.3 is 5.11 Å². The average molecular weight is 523 g/mol. The summed E-state index contributed by atoms with van der Waals surface area (Å²) in [6, 6.07) is 23.9. The van der Waals surface area contributed by atoms with Crippen LogP contribution in [0.1, 0.15) is 54.9 Å². The summed E-state index contributed by atoms with van der Waals surface area (Å²) < 4.78 is 0. The minimum absolute atomic E-state index is 0.0378. The van der Waals surface area contributed by atoms with Gasteiger partial charge in [-0.05, 0) is 67.3 Å². The van der Waals surface area contributed by atoms with Gasteiger partial charge in [0.2, 0.25) is 0 Å². The molecule has 0 radical (unpaired) electrons. The third kappa shape index (κ3) is 4.71. The van der Waals surface area contributed by atoms with Crippen molar-refractivity contribution in [3.63, 3.8) is 0 Å². The van der Waals surface area contributed by atoms with Crippen LogP contribution in [0.3, 0.4) is 0 Å². The highest BCUT2D eigenvalue weighted by Gasteiger charge is 2.46. The third-order valence-corrected chi connectivity index (χ3v) is 8.26. The Kier molecular flexibility index (Phi) is 6.83. The normalized spacial score (nSPS) is 20.4. The smallest absolute Gasteiger partial charge is 0.162 e. The molecule has 0 spiro atoms. The molecule has 0 aromatic heterocycles. The van der Waals surface area contributed by atoms with Crippen molar-refractivity contribution in [3.05, 3.63) is 112 Å². The van der Waals surface area contributed by atoms with Gasteiger partial charge >= 0.3 is 0 Å². The Labute approximate surface area is 229 Å². The number of carbonyl (C=O) groups is 1. The highest BCUT2D eigenvalue weighted by atomic mass is 32.2. The van der Waals surface area contributed by atoms with Gasteiger partial charge in [-0.25, -0.2) is 0 Å². The minimum Gasteiger partial charge on any atom is -0.507 e. The standard InChI is InChI=1S/C33H34N2O2S/c1-20-9-11-23(12-10-20)31(37)30-28(22-13-15-25(38-5)16-14-22)29-26(18-33(3,4)19-27(29)36)35(32(30)34)24-8-6-7-21(2)17-24/h6-17,28,34,37H,18-19H2,1-5H3/b31-30+,34-32?. The number of ketones is 1. The van der Waals surface area contributed by atoms with Crippen molar-refractivity contribution in [1.29, 1.82) is 5.41 Å². The molecule has 5 heteroatoms. The molecule has 3 aromatic carbocycles. The molecule has 0 fully saturated rings. The van der Waals surface area contributed by atoms with Crippen molar-refractivity contribution in [3.8, 4) is 0 Å². The molecular weight excluding hydrogens is 488 g/mol. The SMILES string of the molecule is CSc1ccc(C2C3=C(CC(C)(C)CC3=O)N(c3cccc(C)c3)C(=N)/C2=C(/O)c2ccc(C)cc2)cc1. The van der Waals surface area contributed by atoms with Crippen molar-refractivity contribution < 1.29 is 9.90 Å². The molecule has 38 heavy (non-hydrogen) atoms. The van der Waals surface area contributed by atoms with Gasteiger partial charge in [0.25, 0.3) is 0 Å². The van der Waals surface area contributed by atoms with E-state index in [2.05, 4.69) is 26.0 Å². The van der Waals surface area contributed by atoms with E-state index in [4.69, 9.17) is 0 Å². The van der Waals surface area contributed by atoms with Crippen molar-refractivity contribution in [2.45, 2.75) is 51.3 Å². The number of aliphatic hydroxyl groups is 1. The monoisotopic (exact) mass is 522 g/mol. The molecular formula is C33H34N2O2S. The van der Waals surface area contributed by atoms with E-state index < -0.39 is 5.92 Å². The van der Waals surface area contributed by atoms with Crippen molar-refractivity contribution in [2.75, 3.05) is 11.2 Å². The zero-order chi connectivity index (χ0) is 27.2. The zero-order valence-electron chi connectivity index (χ0n) is 22.6. The second-order valence-corrected chi connectivity index (χ2v) is 12.0. The third-order valence-electron chi connectivity index (χ3n) is 7.51. The first-order valence-corrected chi connectivity index (χ1v) is 14.2. The molecule has 2 N–H and O–H groups in total. The Balaban J connectivity index is 1.84. The maximum absolute atomic E-state index is 14.0. The van der Waals surface area contributed by atoms with Crippen LogP contribution in [0.15, 0.2) is 94.5 Å². The predicted octanol–water partition coefficient (Wildman–Crippen LogP) is 8.22. The van der Waals surface area contributed by atoms with Gasteiger partial charge in [0.1, 0.15) is 11.6 Å². The summed E-state index contributed by atoms with van der Waals surface area (Å²) >= 11 is 1.66. The lowest BCUT2D eigenvalue weighted by atomic mass is 9.67. The van der Waals surface area contributed by atoms with Crippen LogP contribution in [-0.2, 0) is 4.79 Å². The number of hydrogen-bond donors (Lipinski definition) is 2. The van der Waals surface area contributed by atoms with Gasteiger partial charge in [-0.15, -0.1) is 11.8 Å². The summed E-state index contributed by atoms with van der Waals surface area (Å²) in [4.78, 5) is 17.0. The van der Waals surface area contributed by atoms with Crippen LogP contribution < -0.4 is 4.90 Å². The minimum atomic E-state index is -0.528. The highest BCUT2D eigenvalue weighted by Crippen LogP contribution is 2.51. The van der Waals surface area contributed by atoms with Crippen LogP contribution in [0, 0.1) is 24.7 Å². The fourth-order valence-corrected chi connectivity index (χ4v) is 6.07. The molecule has 5 rings (SSSR count). The summed E-state index contributed by atoms with van der Waals surface area (Å²) in [5.74, 6) is -0.207. The average Bonchev–Trinajstić information content (AvgIpc) is 2.87. The fourth-order valence-electron chi connectivity index (χ4n) is 5.66. The molecule has 0 amide bonds. The molecule has 0 saturated carbocycles. The lowest BCUT2D eigenvalue weighted by molar-refractivity contribution is -0.118. The van der Waals surface area contributed by atoms with Crippen molar-refractivity contribution in [1.82, 2.24) is 0 Å². The largest absolute Gasteiger partial charge is 0.507 e. The lowest BCUT2D eigenvalue weighted by Gasteiger charge is -2.45. The number of allylic oxidation sites excluding steroid dienone is 2. The highest BCUT2D eigenvalue weighted by molar-refractivity contribution is 7.98. The Morgan fingerprint density at radius 2 is 1.66 bits per heavy atom. The number of aliphatic hydroxyl groups excluding tert-OH is 1. The summed E-state index contributed by atoms with van der Waals surface area (Å²) in [5.41, 5.74) is 6.31. The van der Waals surface area contributed by atoms with E-state index >= 15 is 0 Å². The van der Waals surface area contributed by atoms with Crippen molar-refractivity contribution >= 4 is 34.8 Å². The van der Waals surface area contributed by atoms with E-state index in [9.17, 15) is 15.3 Å². The first-order valence-electron chi connectivity index (χ1n) is 13.0. The first kappa shape index (κ1) is 26.1. The number of thioether (sulfide) groups is 1. The molecule has 1 aliphatic heterocycles. The summed E-state index contributed by atoms with van der Waals surface area (Å²) in [6.45, 7) is 8.26. The number of aryl methyl sites for hydroxylation is 2. The summed E-state index contributed by atoms with van der Waals surface area (Å²) in [5, 5.41) is 21.4. The predicted molar refractivity (Wildman–Crippen MR) is 158 cm³/mol. The Hall–Kier alpha value is -3.57. The molecule has 1 unspecified atom stereocenters. The topological polar surface area (TPSA) is 64.4 Å². The quantitative estimate of drug-likeness (QED) is 0.268. The number of carbonyl (C=O) groups excluding carboxylic acids is 1. The fraction of sp³-hybridized carbons (Fsp3) is 0.273. The molecule has 1 aliphatic carbocycles. The van der Waals surface area contributed by atoms with Crippen LogP contribution in [0.4, 0.5) is 5.69 Å². The van der Waals surface area contributed by atoms with E-state index in [1.165, 1.54) is 0 Å². The van der Waals surface area contributed by atoms with Crippen molar-refractivity contribution in [2.24, 2.45) is 5.41 Å². The maximum atomic E-state index is 14.0. The van der Waals surface area contributed by atoms with E-state index in [1.807, 2.05) is 85.7 Å². The maximum Gasteiger partial charge on any atom is 0.162 e. The molecule has 2 aliphatic rings. The van der Waals surface area contributed by atoms with E-state index in [1.54, 1.807) is 11.8 Å². The number of Topliss-reactive ketones (excluding diaryl/α,β-unsaturated/α-hetero) is 1. The zero-order valence-corrected chi connectivity index (χ0v) is 23.4. The number of nitrogens with zero attached hydrogens (tertiary/aromatic N) is 1. The number of hydrogen-bond acceptors (Lipinski definition) is 4. The van der Waals surface area contributed by atoms with E-state index in [0.29, 0.717) is 29.6 Å². The number of rotatable bonds is 4. The second kappa shape index (κ2) is 9.95. The van der Waals surface area contributed by atoms with Gasteiger partial charge in [-0.2, -0.15) is 0 Å². The summed E-state index contributed by atoms with van der Waals surface area (Å²) in [7, 11) is 0. The van der Waals surface area contributed by atoms with Gasteiger partial charge in [-0.1, -0.05) is 67.9 Å². The van der Waals surface area contributed by atoms with Crippen LogP contribution in [-0.4, -0.2) is 23.0 Å². The van der Waals surface area contributed by atoms with Crippen LogP contribution in [0.2, 0.25) is 0 Å². The number of benzene rings is 3. The number of anilines is 1. The second-order valence-electron chi connectivity index (χ2n) is 11.2. The van der Waals surface area contributed by atoms with Crippen LogP contribution >= 0.6 is 11.8 Å². The van der Waals surface area contributed by atoms with E-state index in [0.717, 1.165) is 33.0 Å². The molecule has 194 valence electrons. The molecule has 3 aromatic rings. The van der Waals surface area contributed by atoms with Gasteiger partial charge in [0.15, 0.2) is 5.78 Å². The molecule has 0 saturated heterocycles. The Morgan fingerprint density at radius 3 is 2.29 bits per heavy atom. The van der Waals surface area contributed by atoms with E-state index in [-0.39, 0.29) is 22.8 Å². The van der Waals surface area contributed by atoms with Gasteiger partial charge in [0, 0.05) is 45.3 Å². The molecule has 0 bridgehead atoms.